The highest BCUT2D eigenvalue weighted by Crippen LogP contribution is 2.27. The van der Waals surface area contributed by atoms with Gasteiger partial charge in [0.25, 0.3) is 0 Å². The smallest absolute Gasteiger partial charge is 0.139 e. The van der Waals surface area contributed by atoms with Crippen LogP contribution in [0.1, 0.15) is 31.9 Å². The second-order valence-electron chi connectivity index (χ2n) is 4.32. The van der Waals surface area contributed by atoms with Crippen LogP contribution in [0.3, 0.4) is 0 Å². The summed E-state index contributed by atoms with van der Waals surface area (Å²) in [5, 5.41) is 0. The number of thiol groups is 1. The van der Waals surface area contributed by atoms with Gasteiger partial charge in [0.1, 0.15) is 5.75 Å². The van der Waals surface area contributed by atoms with Gasteiger partial charge >= 0.3 is 0 Å². The Hall–Kier alpha value is -0.630. The fraction of sp³-hybridized carbons (Fsp3) is 0.455. The molecule has 1 rings (SSSR count). The van der Waals surface area contributed by atoms with E-state index in [-0.39, 0.29) is 5.41 Å². The maximum absolute atomic E-state index is 4.91. The topological polar surface area (TPSA) is 9.23 Å². The molecule has 0 heterocycles. The van der Waals surface area contributed by atoms with Gasteiger partial charge in [-0.25, -0.2) is 0 Å². The van der Waals surface area contributed by atoms with Crippen LogP contribution in [0.15, 0.2) is 18.2 Å². The molecule has 0 N–H and O–H groups in total. The van der Waals surface area contributed by atoms with Crippen LogP contribution < -0.4 is 4.18 Å². The number of benzene rings is 1. The summed E-state index contributed by atoms with van der Waals surface area (Å²) in [4.78, 5) is 0. The van der Waals surface area contributed by atoms with Crippen molar-refractivity contribution in [1.29, 1.82) is 0 Å². The van der Waals surface area contributed by atoms with Crippen LogP contribution >= 0.6 is 12.9 Å². The van der Waals surface area contributed by atoms with Gasteiger partial charge < -0.3 is 4.18 Å². The van der Waals surface area contributed by atoms with E-state index >= 15 is 0 Å². The van der Waals surface area contributed by atoms with Crippen molar-refractivity contribution in [3.63, 3.8) is 0 Å². The van der Waals surface area contributed by atoms with Crippen LogP contribution in [0.2, 0.25) is 0 Å². The molecule has 72 valence electrons. The SMILES string of the molecule is Cc1cc(C(C)(C)C)ccc1OS. The van der Waals surface area contributed by atoms with Crippen molar-refractivity contribution in [2.75, 3.05) is 0 Å². The van der Waals surface area contributed by atoms with Crippen LogP contribution in [-0.4, -0.2) is 0 Å². The van der Waals surface area contributed by atoms with E-state index in [0.717, 1.165) is 11.3 Å². The van der Waals surface area contributed by atoms with E-state index in [9.17, 15) is 0 Å². The molecule has 1 aromatic rings. The minimum Gasteiger partial charge on any atom is -0.429 e. The molecular weight excluding hydrogens is 180 g/mol. The summed E-state index contributed by atoms with van der Waals surface area (Å²) >= 11 is 3.79. The quantitative estimate of drug-likeness (QED) is 0.534. The van der Waals surface area contributed by atoms with Gasteiger partial charge in [0, 0.05) is 12.9 Å². The maximum Gasteiger partial charge on any atom is 0.139 e. The molecule has 0 aliphatic rings. The Kier molecular flexibility index (Phi) is 2.91. The Labute approximate surface area is 85.7 Å². The molecule has 13 heavy (non-hydrogen) atoms. The lowest BCUT2D eigenvalue weighted by Gasteiger charge is -2.19. The molecule has 0 unspecified atom stereocenters. The zero-order valence-electron chi connectivity index (χ0n) is 8.59. The van der Waals surface area contributed by atoms with Gasteiger partial charge in [-0.2, -0.15) is 0 Å². The summed E-state index contributed by atoms with van der Waals surface area (Å²) in [5.74, 6) is 0.830. The summed E-state index contributed by atoms with van der Waals surface area (Å²) in [7, 11) is 0. The lowest BCUT2D eigenvalue weighted by molar-refractivity contribution is 0.586. The molecule has 0 aromatic heterocycles. The van der Waals surface area contributed by atoms with Crippen molar-refractivity contribution in [3.05, 3.63) is 29.3 Å². The van der Waals surface area contributed by atoms with E-state index in [4.69, 9.17) is 4.18 Å². The first-order valence-corrected chi connectivity index (χ1v) is 4.74. The van der Waals surface area contributed by atoms with Gasteiger partial charge in [0.2, 0.25) is 0 Å². The first-order chi connectivity index (χ1) is 5.95. The van der Waals surface area contributed by atoms with Gasteiger partial charge in [-0.1, -0.05) is 32.9 Å². The molecule has 0 amide bonds. The maximum atomic E-state index is 4.91. The Bertz CT molecular complexity index is 299. The Morgan fingerprint density at radius 2 is 1.85 bits per heavy atom. The van der Waals surface area contributed by atoms with Crippen molar-refractivity contribution in [2.24, 2.45) is 0 Å². The third-order valence-electron chi connectivity index (χ3n) is 2.14. The van der Waals surface area contributed by atoms with E-state index in [1.165, 1.54) is 5.56 Å². The third-order valence-corrected chi connectivity index (χ3v) is 2.34. The average Bonchev–Trinajstić information content (AvgIpc) is 2.02. The first-order valence-electron chi connectivity index (χ1n) is 4.37. The van der Waals surface area contributed by atoms with Crippen LogP contribution in [-0.2, 0) is 5.41 Å². The van der Waals surface area contributed by atoms with E-state index in [1.807, 2.05) is 13.0 Å². The van der Waals surface area contributed by atoms with Crippen LogP contribution in [0, 0.1) is 6.92 Å². The van der Waals surface area contributed by atoms with Crippen molar-refractivity contribution in [1.82, 2.24) is 0 Å². The zero-order valence-corrected chi connectivity index (χ0v) is 9.48. The van der Waals surface area contributed by atoms with Crippen molar-refractivity contribution >= 4 is 12.9 Å². The molecule has 1 aromatic carbocycles. The molecule has 1 nitrogen and oxygen atoms in total. The predicted octanol–water partition coefficient (Wildman–Crippen LogP) is 3.52. The van der Waals surface area contributed by atoms with Gasteiger partial charge in [-0.05, 0) is 29.5 Å². The summed E-state index contributed by atoms with van der Waals surface area (Å²) in [6, 6.07) is 6.19. The number of rotatable bonds is 1. The molecule has 0 aliphatic carbocycles. The Morgan fingerprint density at radius 1 is 1.23 bits per heavy atom. The second-order valence-corrected chi connectivity index (χ2v) is 4.50. The molecule has 0 saturated heterocycles. The van der Waals surface area contributed by atoms with E-state index < -0.39 is 0 Å². The molecule has 0 radical (unpaired) electrons. The highest BCUT2D eigenvalue weighted by Gasteiger charge is 2.14. The lowest BCUT2D eigenvalue weighted by atomic mass is 9.86. The fourth-order valence-electron chi connectivity index (χ4n) is 1.22. The molecule has 0 fully saturated rings. The molecule has 0 aliphatic heterocycles. The molecule has 0 bridgehead atoms. The minimum atomic E-state index is 0.194. The summed E-state index contributed by atoms with van der Waals surface area (Å²) in [6.45, 7) is 8.62. The molecule has 0 spiro atoms. The van der Waals surface area contributed by atoms with Gasteiger partial charge in [-0.3, -0.25) is 0 Å². The monoisotopic (exact) mass is 196 g/mol. The summed E-state index contributed by atoms with van der Waals surface area (Å²) < 4.78 is 4.91. The largest absolute Gasteiger partial charge is 0.429 e. The predicted molar refractivity (Wildman–Crippen MR) is 59.5 cm³/mol. The number of hydrogen-bond donors (Lipinski definition) is 1. The van der Waals surface area contributed by atoms with Crippen molar-refractivity contribution < 1.29 is 4.18 Å². The highest BCUT2D eigenvalue weighted by atomic mass is 32.1. The van der Waals surface area contributed by atoms with Crippen LogP contribution in [0.5, 0.6) is 5.75 Å². The van der Waals surface area contributed by atoms with Gasteiger partial charge in [0.15, 0.2) is 0 Å². The molecular formula is C11H16OS. The normalized spacial score (nSPS) is 11.5. The Morgan fingerprint density at radius 3 is 2.23 bits per heavy atom. The molecule has 2 heteroatoms. The lowest BCUT2D eigenvalue weighted by Crippen LogP contribution is -2.10. The van der Waals surface area contributed by atoms with E-state index in [0.29, 0.717) is 0 Å². The molecule has 0 atom stereocenters. The Balaban J connectivity index is 3.10. The number of aryl methyl sites for hydroxylation is 1. The highest BCUT2D eigenvalue weighted by molar-refractivity contribution is 7.75. The zero-order chi connectivity index (χ0) is 10.1. The van der Waals surface area contributed by atoms with Crippen LogP contribution in [0.25, 0.3) is 0 Å². The summed E-state index contributed by atoms with van der Waals surface area (Å²) in [5.41, 5.74) is 2.64. The van der Waals surface area contributed by atoms with Crippen LogP contribution in [0.4, 0.5) is 0 Å². The fourth-order valence-corrected chi connectivity index (χ4v) is 1.42. The average molecular weight is 196 g/mol. The third kappa shape index (κ3) is 2.41. The van der Waals surface area contributed by atoms with E-state index in [2.05, 4.69) is 45.8 Å². The van der Waals surface area contributed by atoms with Crippen molar-refractivity contribution in [2.45, 2.75) is 33.1 Å². The second kappa shape index (κ2) is 3.62. The van der Waals surface area contributed by atoms with Gasteiger partial charge in [-0.15, -0.1) is 0 Å². The van der Waals surface area contributed by atoms with Crippen molar-refractivity contribution in [3.8, 4) is 5.75 Å². The molecule has 0 saturated carbocycles. The van der Waals surface area contributed by atoms with E-state index in [1.54, 1.807) is 0 Å². The minimum absolute atomic E-state index is 0.194. The first kappa shape index (κ1) is 10.5. The van der Waals surface area contributed by atoms with Gasteiger partial charge in [0.05, 0.1) is 0 Å². The summed E-state index contributed by atoms with van der Waals surface area (Å²) in [6.07, 6.45) is 0. The standard InChI is InChI=1S/C11H16OS/c1-8-7-9(11(2,3)4)5-6-10(8)12-13/h5-7,13H,1-4H3. The number of hydrogen-bond acceptors (Lipinski definition) is 2.